The molecule has 1 fully saturated rings. The van der Waals surface area contributed by atoms with E-state index in [1.165, 1.54) is 6.07 Å². The molecule has 0 amide bonds. The van der Waals surface area contributed by atoms with Crippen molar-refractivity contribution in [3.63, 3.8) is 0 Å². The van der Waals surface area contributed by atoms with Gasteiger partial charge >= 0.3 is 0 Å². The first-order valence-corrected chi connectivity index (χ1v) is 9.07. The number of benzene rings is 1. The number of rotatable bonds is 2. The molecule has 8 heteroatoms. The lowest BCUT2D eigenvalue weighted by Crippen LogP contribution is -2.51. The van der Waals surface area contributed by atoms with Crippen molar-refractivity contribution >= 4 is 11.9 Å². The summed E-state index contributed by atoms with van der Waals surface area (Å²) < 4.78 is 6.86. The van der Waals surface area contributed by atoms with E-state index in [2.05, 4.69) is 27.1 Å². The molecule has 1 atom stereocenters. The monoisotopic (exact) mass is 368 g/mol. The van der Waals surface area contributed by atoms with Crippen LogP contribution in [0.4, 0.5) is 5.95 Å². The largest absolute Gasteiger partial charge is 0.497 e. The Morgan fingerprint density at radius 3 is 2.52 bits per heavy atom. The Balaban J connectivity index is 1.77. The minimum atomic E-state index is -0.456. The predicted octanol–water partition coefficient (Wildman–Crippen LogP) is 1.14. The Bertz CT molecular complexity index is 913. The molecule has 0 aliphatic carbocycles. The maximum Gasteiger partial charge on any atom is 0.257 e. The number of hydrogen-bond donors (Lipinski definition) is 1. The highest BCUT2D eigenvalue weighted by Crippen LogP contribution is 2.27. The highest BCUT2D eigenvalue weighted by Gasteiger charge is 2.28. The zero-order valence-corrected chi connectivity index (χ0v) is 15.8. The summed E-state index contributed by atoms with van der Waals surface area (Å²) >= 11 is 0. The van der Waals surface area contributed by atoms with Gasteiger partial charge in [0.15, 0.2) is 6.17 Å². The van der Waals surface area contributed by atoms with Gasteiger partial charge in [-0.2, -0.15) is 0 Å². The fraction of sp³-hybridized carbons (Fsp3) is 0.421. The van der Waals surface area contributed by atoms with Crippen LogP contribution in [0.1, 0.15) is 17.4 Å². The molecule has 1 aromatic carbocycles. The highest BCUT2D eigenvalue weighted by atomic mass is 16.5. The first-order chi connectivity index (χ1) is 13.0. The van der Waals surface area contributed by atoms with Crippen molar-refractivity contribution in [2.45, 2.75) is 13.1 Å². The molecule has 0 radical (unpaired) electrons. The van der Waals surface area contributed by atoms with Gasteiger partial charge in [0.2, 0.25) is 11.9 Å². The van der Waals surface area contributed by atoms with E-state index < -0.39 is 6.17 Å². The number of fused-ring (bicyclic) bond motifs is 1. The summed E-state index contributed by atoms with van der Waals surface area (Å²) in [4.78, 5) is 26.6. The summed E-state index contributed by atoms with van der Waals surface area (Å²) in [6, 6.07) is 9.19. The number of anilines is 1. The molecule has 1 unspecified atom stereocenters. The zero-order chi connectivity index (χ0) is 19.0. The van der Waals surface area contributed by atoms with Crippen LogP contribution in [0.15, 0.2) is 40.1 Å². The molecule has 3 heterocycles. The summed E-state index contributed by atoms with van der Waals surface area (Å²) in [7, 11) is 3.75. The number of nitrogens with zero attached hydrogens (tertiary/aromatic N) is 5. The van der Waals surface area contributed by atoms with Crippen molar-refractivity contribution in [2.75, 3.05) is 45.7 Å². The number of likely N-dealkylation sites (N-methyl/N-ethyl adjacent to an activating group) is 1. The van der Waals surface area contributed by atoms with Crippen molar-refractivity contribution < 1.29 is 4.74 Å². The van der Waals surface area contributed by atoms with Crippen LogP contribution in [0, 0.1) is 6.92 Å². The molecule has 2 aromatic rings. The van der Waals surface area contributed by atoms with Crippen LogP contribution in [-0.4, -0.2) is 65.6 Å². The fourth-order valence-electron chi connectivity index (χ4n) is 3.41. The molecule has 27 heavy (non-hydrogen) atoms. The van der Waals surface area contributed by atoms with E-state index in [9.17, 15) is 4.79 Å². The normalized spacial score (nSPS) is 19.9. The molecule has 142 valence electrons. The third-order valence-corrected chi connectivity index (χ3v) is 5.01. The van der Waals surface area contributed by atoms with Crippen LogP contribution in [-0.2, 0) is 0 Å². The van der Waals surface area contributed by atoms with E-state index in [1.807, 2.05) is 31.2 Å². The average Bonchev–Trinajstić information content (AvgIpc) is 2.67. The van der Waals surface area contributed by atoms with E-state index in [0.29, 0.717) is 11.6 Å². The summed E-state index contributed by atoms with van der Waals surface area (Å²) in [5.41, 5.74) is 1.48. The number of aryl methyl sites for hydroxylation is 1. The fourth-order valence-corrected chi connectivity index (χ4v) is 3.41. The van der Waals surface area contributed by atoms with E-state index in [-0.39, 0.29) is 5.56 Å². The second-order valence-electron chi connectivity index (χ2n) is 6.94. The van der Waals surface area contributed by atoms with Gasteiger partial charge in [0, 0.05) is 37.9 Å². The Morgan fingerprint density at radius 2 is 1.85 bits per heavy atom. The zero-order valence-electron chi connectivity index (χ0n) is 15.8. The number of ether oxygens (including phenoxy) is 1. The molecule has 1 aromatic heterocycles. The number of nitrogens with one attached hydrogen (secondary N) is 1. The summed E-state index contributed by atoms with van der Waals surface area (Å²) in [5.74, 6) is 2.07. The standard InChI is InChI=1S/C19H24N6O2/c1-13-12-16(26)25-17(14-4-6-15(27-3)7-5-14)21-18(22-19(25)20-13)24-10-8-23(2)9-11-24/h4-7,12,17H,8-11H2,1-3H3,(H,20,21,22). The van der Waals surface area contributed by atoms with E-state index in [4.69, 9.17) is 9.73 Å². The number of guanidine groups is 1. The highest BCUT2D eigenvalue weighted by molar-refractivity contribution is 5.93. The quantitative estimate of drug-likeness (QED) is 0.857. The maximum atomic E-state index is 12.7. The van der Waals surface area contributed by atoms with Gasteiger partial charge in [-0.05, 0) is 31.7 Å². The van der Waals surface area contributed by atoms with Gasteiger partial charge < -0.3 is 14.5 Å². The lowest BCUT2D eigenvalue weighted by Gasteiger charge is -2.37. The Hall–Kier alpha value is -2.87. The minimum Gasteiger partial charge on any atom is -0.497 e. The molecule has 1 N–H and O–H groups in total. The average molecular weight is 368 g/mol. The molecule has 4 rings (SSSR count). The van der Waals surface area contributed by atoms with Crippen LogP contribution < -0.4 is 15.6 Å². The molecule has 8 nitrogen and oxygen atoms in total. The van der Waals surface area contributed by atoms with Crippen molar-refractivity contribution in [1.29, 1.82) is 0 Å². The van der Waals surface area contributed by atoms with Gasteiger partial charge in [0.1, 0.15) is 5.75 Å². The van der Waals surface area contributed by atoms with Gasteiger partial charge in [0.25, 0.3) is 5.56 Å². The third kappa shape index (κ3) is 3.40. The molecular weight excluding hydrogens is 344 g/mol. The first-order valence-electron chi connectivity index (χ1n) is 9.07. The number of methoxy groups -OCH3 is 1. The molecule has 0 spiro atoms. The van der Waals surface area contributed by atoms with E-state index >= 15 is 0 Å². The van der Waals surface area contributed by atoms with Crippen LogP contribution in [0.3, 0.4) is 0 Å². The number of aliphatic imine (C=N–C) groups is 1. The summed E-state index contributed by atoms with van der Waals surface area (Å²) in [6.07, 6.45) is -0.456. The van der Waals surface area contributed by atoms with Gasteiger partial charge in [0.05, 0.1) is 7.11 Å². The molecule has 0 bridgehead atoms. The lowest BCUT2D eigenvalue weighted by atomic mass is 10.1. The van der Waals surface area contributed by atoms with Crippen molar-refractivity contribution in [1.82, 2.24) is 19.4 Å². The van der Waals surface area contributed by atoms with Gasteiger partial charge in [-0.25, -0.2) is 9.98 Å². The van der Waals surface area contributed by atoms with Crippen LogP contribution in [0.5, 0.6) is 5.75 Å². The Labute approximate surface area is 158 Å². The van der Waals surface area contributed by atoms with Gasteiger partial charge in [-0.1, -0.05) is 12.1 Å². The van der Waals surface area contributed by atoms with Crippen molar-refractivity contribution in [3.05, 3.63) is 51.9 Å². The second-order valence-corrected chi connectivity index (χ2v) is 6.94. The van der Waals surface area contributed by atoms with Gasteiger partial charge in [-0.15, -0.1) is 0 Å². The van der Waals surface area contributed by atoms with E-state index in [0.717, 1.165) is 43.5 Å². The number of hydrogen-bond acceptors (Lipinski definition) is 7. The van der Waals surface area contributed by atoms with Crippen molar-refractivity contribution in [3.8, 4) is 5.75 Å². The van der Waals surface area contributed by atoms with Gasteiger partial charge in [-0.3, -0.25) is 14.7 Å². The van der Waals surface area contributed by atoms with Crippen LogP contribution >= 0.6 is 0 Å². The smallest absolute Gasteiger partial charge is 0.257 e. The summed E-state index contributed by atoms with van der Waals surface area (Å²) in [6.45, 7) is 5.54. The SMILES string of the molecule is COc1ccc(C2N=C(N3CCN(C)CC3)Nc3nc(C)cc(=O)n32)cc1. The van der Waals surface area contributed by atoms with E-state index in [1.54, 1.807) is 11.7 Å². The maximum absolute atomic E-state index is 12.7. The Morgan fingerprint density at radius 1 is 1.15 bits per heavy atom. The Kier molecular flexibility index (Phi) is 4.57. The number of piperazine rings is 1. The van der Waals surface area contributed by atoms with Crippen LogP contribution in [0.25, 0.3) is 0 Å². The molecule has 2 aliphatic rings. The third-order valence-electron chi connectivity index (χ3n) is 5.01. The second kappa shape index (κ2) is 7.03. The minimum absolute atomic E-state index is 0.119. The summed E-state index contributed by atoms with van der Waals surface area (Å²) in [5, 5.41) is 3.27. The molecule has 0 saturated carbocycles. The molecule has 2 aliphatic heterocycles. The first kappa shape index (κ1) is 17.5. The predicted molar refractivity (Wildman–Crippen MR) is 104 cm³/mol. The topological polar surface area (TPSA) is 75.0 Å². The van der Waals surface area contributed by atoms with Crippen molar-refractivity contribution in [2.24, 2.45) is 4.99 Å². The molecule has 1 saturated heterocycles. The number of aromatic nitrogens is 2. The molecular formula is C19H24N6O2. The van der Waals surface area contributed by atoms with Crippen LogP contribution in [0.2, 0.25) is 0 Å². The lowest BCUT2D eigenvalue weighted by molar-refractivity contribution is 0.213.